The monoisotopic (exact) mass is 550 g/mol. The molecule has 2 aliphatic heterocycles. The molecule has 4 rings (SSSR count). The largest absolute Gasteiger partial charge is 0.479 e. The zero-order chi connectivity index (χ0) is 28.8. The highest BCUT2D eigenvalue weighted by atomic mass is 16.8. The third kappa shape index (κ3) is 4.85. The number of aliphatic hydroxyl groups excluding tert-OH is 2. The van der Waals surface area contributed by atoms with Crippen LogP contribution in [-0.4, -0.2) is 96.6 Å². The van der Waals surface area contributed by atoms with Gasteiger partial charge in [0.05, 0.1) is 12.7 Å². The minimum absolute atomic E-state index is 0.0220. The molecule has 1 saturated carbocycles. The molecule has 0 radical (unpaired) electrons. The van der Waals surface area contributed by atoms with E-state index >= 15 is 0 Å². The van der Waals surface area contributed by atoms with Crippen LogP contribution in [-0.2, 0) is 35.0 Å². The van der Waals surface area contributed by atoms with Crippen molar-refractivity contribution < 1.29 is 59.2 Å². The molecule has 6 N–H and O–H groups in total. The second-order valence-electron chi connectivity index (χ2n) is 10.8. The summed E-state index contributed by atoms with van der Waals surface area (Å²) in [6.07, 6.45) is -5.54. The number of hydrogen-bond acceptors (Lipinski definition) is 9. The van der Waals surface area contributed by atoms with Crippen molar-refractivity contribution in [3.05, 3.63) is 48.0 Å². The topological polar surface area (TPSA) is 200 Å². The molecule has 1 aliphatic carbocycles. The molecule has 3 fully saturated rings. The molecule has 8 atom stereocenters. The van der Waals surface area contributed by atoms with Crippen LogP contribution in [0.5, 0.6) is 0 Å². The summed E-state index contributed by atoms with van der Waals surface area (Å²) in [6.45, 7) is 6.63. The van der Waals surface area contributed by atoms with Crippen LogP contribution in [0.15, 0.2) is 42.5 Å². The van der Waals surface area contributed by atoms with Crippen LogP contribution in [0, 0.1) is 11.8 Å². The number of ether oxygens (including phenoxy) is 3. The summed E-state index contributed by atoms with van der Waals surface area (Å²) in [5, 5.41) is 61.7. The van der Waals surface area contributed by atoms with E-state index in [2.05, 4.69) is 6.58 Å². The molecule has 1 aromatic carbocycles. The van der Waals surface area contributed by atoms with Gasteiger partial charge in [-0.2, -0.15) is 0 Å². The standard InChI is InChI=1S/C27H34O12/c1-14(18(37-13-17-8-9-17)15(2)12-16-6-4-3-5-7-16)10-11-25-19(28)20(29)27(39-25,24(34)35)26(36,23(32)33)21(38-25)22(30)31/h3-7,15,17-21,28-29,36H,1,8-13H2,2H3,(H,30,31)(H,32,33)(H,34,35)/t15-,18-,19-,20-,21-,25+,26-,27+/m1/s1. The second kappa shape index (κ2) is 10.6. The van der Waals surface area contributed by atoms with E-state index in [1.54, 1.807) is 0 Å². The second-order valence-corrected chi connectivity index (χ2v) is 10.8. The zero-order valence-electron chi connectivity index (χ0n) is 21.4. The summed E-state index contributed by atoms with van der Waals surface area (Å²) in [4.78, 5) is 36.3. The molecule has 12 nitrogen and oxygen atoms in total. The fourth-order valence-electron chi connectivity index (χ4n) is 5.60. The number of rotatable bonds is 13. The van der Waals surface area contributed by atoms with Crippen molar-refractivity contribution in [3.63, 3.8) is 0 Å². The Balaban J connectivity index is 1.59. The maximum atomic E-state index is 12.3. The molecular formula is C27H34O12. The maximum absolute atomic E-state index is 12.3. The van der Waals surface area contributed by atoms with Crippen LogP contribution in [0.25, 0.3) is 0 Å². The SMILES string of the molecule is C=C(CC[C@]12O[C@H](C(=O)O)[C@@](O)(C(=O)O)[C@](C(=O)O)(O1)[C@H](O)[C@H]2O)[C@@H](OCC1CC1)[C@H](C)Cc1ccccc1. The van der Waals surface area contributed by atoms with E-state index in [0.29, 0.717) is 24.5 Å². The molecule has 1 aromatic rings. The van der Waals surface area contributed by atoms with E-state index < -0.39 is 65.7 Å². The molecule has 0 aromatic heterocycles. The van der Waals surface area contributed by atoms with Gasteiger partial charge in [0.25, 0.3) is 0 Å². The number of hydrogen-bond donors (Lipinski definition) is 6. The first kappa shape index (κ1) is 29.1. The predicted octanol–water partition coefficient (Wildman–Crippen LogP) is 0.568. The van der Waals surface area contributed by atoms with Crippen molar-refractivity contribution in [2.75, 3.05) is 6.61 Å². The first-order valence-corrected chi connectivity index (χ1v) is 12.8. The Kier molecular flexibility index (Phi) is 7.92. The number of carboxylic acid groups (broad SMARTS) is 3. The lowest BCUT2D eigenvalue weighted by Gasteiger charge is -2.48. The Morgan fingerprint density at radius 3 is 2.26 bits per heavy atom. The third-order valence-electron chi connectivity index (χ3n) is 7.95. The Labute approximate surface area is 224 Å². The quantitative estimate of drug-likeness (QED) is 0.187. The van der Waals surface area contributed by atoms with Crippen molar-refractivity contribution in [2.45, 2.75) is 80.4 Å². The van der Waals surface area contributed by atoms with Crippen molar-refractivity contribution in [3.8, 4) is 0 Å². The van der Waals surface area contributed by atoms with Gasteiger partial charge in [0.2, 0.25) is 17.3 Å². The molecular weight excluding hydrogens is 516 g/mol. The maximum Gasteiger partial charge on any atom is 0.343 e. The average molecular weight is 551 g/mol. The highest BCUT2D eigenvalue weighted by Crippen LogP contribution is 2.54. The number of carbonyl (C=O) groups is 3. The predicted molar refractivity (Wildman–Crippen MR) is 131 cm³/mol. The summed E-state index contributed by atoms with van der Waals surface area (Å²) >= 11 is 0. The van der Waals surface area contributed by atoms with Gasteiger partial charge in [-0.1, -0.05) is 43.8 Å². The van der Waals surface area contributed by atoms with Crippen molar-refractivity contribution >= 4 is 17.9 Å². The smallest absolute Gasteiger partial charge is 0.343 e. The number of carboxylic acids is 3. The van der Waals surface area contributed by atoms with E-state index in [-0.39, 0.29) is 12.3 Å². The van der Waals surface area contributed by atoms with Crippen LogP contribution >= 0.6 is 0 Å². The van der Waals surface area contributed by atoms with Crippen molar-refractivity contribution in [1.29, 1.82) is 0 Å². The Bertz CT molecular complexity index is 1120. The summed E-state index contributed by atoms with van der Waals surface area (Å²) in [6, 6.07) is 9.72. The molecule has 0 amide bonds. The number of benzene rings is 1. The Morgan fingerprint density at radius 2 is 1.72 bits per heavy atom. The van der Waals surface area contributed by atoms with Crippen LogP contribution in [0.2, 0.25) is 0 Å². The minimum atomic E-state index is -3.76. The van der Waals surface area contributed by atoms with Crippen LogP contribution < -0.4 is 0 Å². The summed E-state index contributed by atoms with van der Waals surface area (Å²) in [7, 11) is 0. The van der Waals surface area contributed by atoms with Crippen molar-refractivity contribution in [1.82, 2.24) is 0 Å². The average Bonchev–Trinajstić information content (AvgIpc) is 3.69. The van der Waals surface area contributed by atoms with Gasteiger partial charge in [0, 0.05) is 6.42 Å². The zero-order valence-corrected chi connectivity index (χ0v) is 21.4. The van der Waals surface area contributed by atoms with E-state index in [1.165, 1.54) is 0 Å². The molecule has 214 valence electrons. The van der Waals surface area contributed by atoms with Gasteiger partial charge >= 0.3 is 17.9 Å². The van der Waals surface area contributed by atoms with Crippen LogP contribution in [0.4, 0.5) is 0 Å². The van der Waals surface area contributed by atoms with Gasteiger partial charge in [0.1, 0.15) is 12.2 Å². The van der Waals surface area contributed by atoms with Gasteiger partial charge in [0.15, 0.2) is 5.79 Å². The highest BCUT2D eigenvalue weighted by Gasteiger charge is 2.84. The van der Waals surface area contributed by atoms with Gasteiger partial charge in [-0.05, 0) is 48.7 Å². The normalized spacial score (nSPS) is 35.2. The molecule has 12 heteroatoms. The van der Waals surface area contributed by atoms with Crippen LogP contribution in [0.1, 0.15) is 38.2 Å². The Hall–Kier alpha value is -2.87. The first-order valence-electron chi connectivity index (χ1n) is 12.8. The van der Waals surface area contributed by atoms with E-state index in [0.717, 1.165) is 18.4 Å². The lowest BCUT2D eigenvalue weighted by molar-refractivity contribution is -0.374. The summed E-state index contributed by atoms with van der Waals surface area (Å²) in [5.41, 5.74) is -5.58. The third-order valence-corrected chi connectivity index (χ3v) is 7.95. The lowest BCUT2D eigenvalue weighted by atomic mass is 9.74. The highest BCUT2D eigenvalue weighted by molar-refractivity contribution is 5.97. The number of fused-ring (bicyclic) bond motifs is 2. The fourth-order valence-corrected chi connectivity index (χ4v) is 5.60. The van der Waals surface area contributed by atoms with E-state index in [9.17, 15) is 45.0 Å². The van der Waals surface area contributed by atoms with Gasteiger partial charge < -0.3 is 44.8 Å². The van der Waals surface area contributed by atoms with E-state index in [4.69, 9.17) is 14.2 Å². The lowest BCUT2D eigenvalue weighted by Crippen LogP contribution is -2.77. The number of aliphatic hydroxyl groups is 3. The molecule has 2 saturated heterocycles. The van der Waals surface area contributed by atoms with Crippen molar-refractivity contribution in [2.24, 2.45) is 11.8 Å². The number of aliphatic carboxylic acids is 3. The van der Waals surface area contributed by atoms with Crippen LogP contribution in [0.3, 0.4) is 0 Å². The van der Waals surface area contributed by atoms with Gasteiger partial charge in [-0.25, -0.2) is 14.4 Å². The molecule has 0 unspecified atom stereocenters. The molecule has 39 heavy (non-hydrogen) atoms. The summed E-state index contributed by atoms with van der Waals surface area (Å²) in [5.74, 6) is -8.57. The van der Waals surface area contributed by atoms with Gasteiger partial charge in [-0.3, -0.25) is 0 Å². The Morgan fingerprint density at radius 1 is 1.08 bits per heavy atom. The minimum Gasteiger partial charge on any atom is -0.479 e. The summed E-state index contributed by atoms with van der Waals surface area (Å²) < 4.78 is 17.0. The molecule has 3 aliphatic rings. The fraction of sp³-hybridized carbons (Fsp3) is 0.593. The molecule has 2 heterocycles. The first-order chi connectivity index (χ1) is 18.3. The molecule has 2 bridgehead atoms. The molecule has 0 spiro atoms. The van der Waals surface area contributed by atoms with Gasteiger partial charge in [-0.15, -0.1) is 0 Å². The van der Waals surface area contributed by atoms with E-state index in [1.807, 2.05) is 37.3 Å².